The lowest BCUT2D eigenvalue weighted by molar-refractivity contribution is -0.134. The molecule has 0 aliphatic carbocycles. The molecule has 0 radical (unpaired) electrons. The number of likely N-dealkylation sites (tertiary alicyclic amines) is 1. The summed E-state index contributed by atoms with van der Waals surface area (Å²) in [5.74, 6) is 0.0233. The lowest BCUT2D eigenvalue weighted by Crippen LogP contribution is -2.54. The zero-order valence-electron chi connectivity index (χ0n) is 16.2. The first kappa shape index (κ1) is 18.3. The molecule has 4 rings (SSSR count). The van der Waals surface area contributed by atoms with E-state index in [-0.39, 0.29) is 24.0 Å². The standard InChI is InChI=1S/C19H25N7O2/c1-20-15-5-3-4-14(10-15)16-11-26(23-22-16)12-17(27)25-8-6-19(7-9-25)13-21-18(28)24(19)2/h3-5,10-11,20H,6-9,12-13H2,1-2H3,(H,21,28). The Bertz CT molecular complexity index is 886. The highest BCUT2D eigenvalue weighted by Gasteiger charge is 2.45. The van der Waals surface area contributed by atoms with Gasteiger partial charge in [-0.2, -0.15) is 0 Å². The Balaban J connectivity index is 1.37. The molecule has 2 aliphatic heterocycles. The Kier molecular flexibility index (Phi) is 4.66. The zero-order valence-corrected chi connectivity index (χ0v) is 16.2. The van der Waals surface area contributed by atoms with E-state index < -0.39 is 0 Å². The first-order chi connectivity index (χ1) is 13.5. The molecule has 3 heterocycles. The molecule has 0 unspecified atom stereocenters. The van der Waals surface area contributed by atoms with Crippen molar-refractivity contribution < 1.29 is 9.59 Å². The average molecular weight is 383 g/mol. The highest BCUT2D eigenvalue weighted by molar-refractivity contribution is 5.78. The Morgan fingerprint density at radius 1 is 1.32 bits per heavy atom. The number of piperidine rings is 1. The Morgan fingerprint density at radius 3 is 2.79 bits per heavy atom. The molecule has 2 aromatic rings. The summed E-state index contributed by atoms with van der Waals surface area (Å²) in [5.41, 5.74) is 2.52. The third-order valence-electron chi connectivity index (χ3n) is 5.91. The van der Waals surface area contributed by atoms with E-state index in [0.717, 1.165) is 29.8 Å². The second kappa shape index (κ2) is 7.14. The molecular formula is C19H25N7O2. The molecule has 0 atom stereocenters. The molecule has 28 heavy (non-hydrogen) atoms. The fourth-order valence-corrected chi connectivity index (χ4v) is 3.96. The van der Waals surface area contributed by atoms with Gasteiger partial charge >= 0.3 is 6.03 Å². The summed E-state index contributed by atoms with van der Waals surface area (Å²) in [7, 11) is 3.70. The molecule has 2 N–H and O–H groups in total. The predicted octanol–water partition coefficient (Wildman–Crippen LogP) is 1.00. The minimum Gasteiger partial charge on any atom is -0.388 e. The van der Waals surface area contributed by atoms with Gasteiger partial charge in [0.05, 0.1) is 11.7 Å². The van der Waals surface area contributed by atoms with Crippen LogP contribution in [0.2, 0.25) is 0 Å². The quantitative estimate of drug-likeness (QED) is 0.821. The minimum absolute atomic E-state index is 0.0233. The van der Waals surface area contributed by atoms with Crippen molar-refractivity contribution in [2.75, 3.05) is 39.0 Å². The van der Waals surface area contributed by atoms with E-state index in [2.05, 4.69) is 20.9 Å². The van der Waals surface area contributed by atoms with Crippen molar-refractivity contribution in [1.82, 2.24) is 30.1 Å². The van der Waals surface area contributed by atoms with E-state index in [1.807, 2.05) is 43.3 Å². The van der Waals surface area contributed by atoms with Gasteiger partial charge in [0.15, 0.2) is 0 Å². The average Bonchev–Trinajstić information content (AvgIpc) is 3.29. The third kappa shape index (κ3) is 3.28. The number of nitrogens with zero attached hydrogens (tertiary/aromatic N) is 5. The summed E-state index contributed by atoms with van der Waals surface area (Å²) < 4.78 is 1.58. The Hall–Kier alpha value is -3.10. The normalized spacial score (nSPS) is 18.4. The van der Waals surface area contributed by atoms with E-state index in [9.17, 15) is 9.59 Å². The number of benzene rings is 1. The molecule has 1 aromatic carbocycles. The molecule has 2 fully saturated rings. The van der Waals surface area contributed by atoms with Gasteiger partial charge in [-0.05, 0) is 25.0 Å². The van der Waals surface area contributed by atoms with E-state index in [1.54, 1.807) is 15.8 Å². The lowest BCUT2D eigenvalue weighted by Gasteiger charge is -2.42. The summed E-state index contributed by atoms with van der Waals surface area (Å²) in [4.78, 5) is 28.1. The maximum Gasteiger partial charge on any atom is 0.317 e. The fourth-order valence-electron chi connectivity index (χ4n) is 3.96. The Labute approximate surface area is 163 Å². The highest BCUT2D eigenvalue weighted by atomic mass is 16.2. The predicted molar refractivity (Wildman–Crippen MR) is 105 cm³/mol. The second-order valence-corrected chi connectivity index (χ2v) is 7.46. The number of likely N-dealkylation sites (N-methyl/N-ethyl adjacent to an activating group) is 1. The number of carbonyl (C=O) groups is 2. The number of nitrogens with one attached hydrogen (secondary N) is 2. The van der Waals surface area contributed by atoms with Crippen LogP contribution < -0.4 is 10.6 Å². The van der Waals surface area contributed by atoms with E-state index in [4.69, 9.17) is 0 Å². The van der Waals surface area contributed by atoms with E-state index in [0.29, 0.717) is 19.6 Å². The van der Waals surface area contributed by atoms with Crippen molar-refractivity contribution in [3.63, 3.8) is 0 Å². The number of aromatic nitrogens is 3. The van der Waals surface area contributed by atoms with Gasteiger partial charge < -0.3 is 20.4 Å². The summed E-state index contributed by atoms with van der Waals surface area (Å²) >= 11 is 0. The molecule has 9 heteroatoms. The molecule has 0 bridgehead atoms. The van der Waals surface area contributed by atoms with Crippen molar-refractivity contribution in [3.8, 4) is 11.3 Å². The number of hydrogen-bond donors (Lipinski definition) is 2. The summed E-state index contributed by atoms with van der Waals surface area (Å²) in [6, 6.07) is 7.86. The second-order valence-electron chi connectivity index (χ2n) is 7.46. The summed E-state index contributed by atoms with van der Waals surface area (Å²) in [6.45, 7) is 2.11. The van der Waals surface area contributed by atoms with Crippen LogP contribution in [0.15, 0.2) is 30.5 Å². The molecule has 9 nitrogen and oxygen atoms in total. The molecule has 2 saturated heterocycles. The number of anilines is 1. The van der Waals surface area contributed by atoms with Gasteiger partial charge in [0, 0.05) is 45.0 Å². The van der Waals surface area contributed by atoms with Crippen molar-refractivity contribution in [3.05, 3.63) is 30.5 Å². The van der Waals surface area contributed by atoms with Crippen LogP contribution in [0.4, 0.5) is 10.5 Å². The SMILES string of the molecule is CNc1cccc(-c2cn(CC(=O)N3CCC4(CC3)CNC(=O)N4C)nn2)c1. The molecule has 148 valence electrons. The Morgan fingerprint density at radius 2 is 2.11 bits per heavy atom. The topological polar surface area (TPSA) is 95.4 Å². The van der Waals surface area contributed by atoms with Gasteiger partial charge in [0.2, 0.25) is 5.91 Å². The third-order valence-corrected chi connectivity index (χ3v) is 5.91. The lowest BCUT2D eigenvalue weighted by atomic mass is 9.87. The van der Waals surface area contributed by atoms with Gasteiger partial charge in [-0.15, -0.1) is 5.10 Å². The van der Waals surface area contributed by atoms with E-state index in [1.165, 1.54) is 0 Å². The number of carbonyl (C=O) groups excluding carboxylic acids is 2. The van der Waals surface area contributed by atoms with E-state index >= 15 is 0 Å². The number of urea groups is 1. The summed E-state index contributed by atoms with van der Waals surface area (Å²) in [6.07, 6.45) is 3.37. The smallest absolute Gasteiger partial charge is 0.317 e. The fraction of sp³-hybridized carbons (Fsp3) is 0.474. The molecular weight excluding hydrogens is 358 g/mol. The van der Waals surface area contributed by atoms with Crippen molar-refractivity contribution in [2.24, 2.45) is 0 Å². The molecule has 3 amide bonds. The van der Waals surface area contributed by atoms with Crippen LogP contribution in [-0.4, -0.2) is 76.0 Å². The number of rotatable bonds is 4. The van der Waals surface area contributed by atoms with Crippen molar-refractivity contribution in [1.29, 1.82) is 0 Å². The monoisotopic (exact) mass is 383 g/mol. The molecule has 0 saturated carbocycles. The van der Waals surface area contributed by atoms with Crippen molar-refractivity contribution >= 4 is 17.6 Å². The van der Waals surface area contributed by atoms with Gasteiger partial charge in [-0.3, -0.25) is 4.79 Å². The first-order valence-corrected chi connectivity index (χ1v) is 9.48. The largest absolute Gasteiger partial charge is 0.388 e. The first-order valence-electron chi connectivity index (χ1n) is 9.48. The van der Waals surface area contributed by atoms with Gasteiger partial charge in [-0.25, -0.2) is 9.48 Å². The van der Waals surface area contributed by atoms with Crippen LogP contribution >= 0.6 is 0 Å². The number of amides is 3. The maximum atomic E-state index is 12.7. The minimum atomic E-state index is -0.160. The van der Waals surface area contributed by atoms with Gasteiger partial charge in [0.25, 0.3) is 0 Å². The van der Waals surface area contributed by atoms with Crippen LogP contribution in [0.25, 0.3) is 11.3 Å². The zero-order chi connectivity index (χ0) is 19.7. The molecule has 2 aliphatic rings. The van der Waals surface area contributed by atoms with Crippen LogP contribution in [0.3, 0.4) is 0 Å². The number of hydrogen-bond acceptors (Lipinski definition) is 5. The summed E-state index contributed by atoms with van der Waals surface area (Å²) in [5, 5.41) is 14.3. The molecule has 1 aromatic heterocycles. The van der Waals surface area contributed by atoms with Crippen molar-refractivity contribution in [2.45, 2.75) is 24.9 Å². The van der Waals surface area contributed by atoms with Crippen LogP contribution in [0.1, 0.15) is 12.8 Å². The van der Waals surface area contributed by atoms with Gasteiger partial charge in [-0.1, -0.05) is 17.3 Å². The van der Waals surface area contributed by atoms with Crippen LogP contribution in [0.5, 0.6) is 0 Å². The maximum absolute atomic E-state index is 12.7. The van der Waals surface area contributed by atoms with Gasteiger partial charge in [0.1, 0.15) is 12.2 Å². The van der Waals surface area contributed by atoms with Crippen LogP contribution in [0, 0.1) is 0 Å². The highest BCUT2D eigenvalue weighted by Crippen LogP contribution is 2.31. The molecule has 1 spiro atoms. The van der Waals surface area contributed by atoms with Crippen LogP contribution in [-0.2, 0) is 11.3 Å².